The van der Waals surface area contributed by atoms with Gasteiger partial charge < -0.3 is 10.1 Å². The summed E-state index contributed by atoms with van der Waals surface area (Å²) >= 11 is 0. The van der Waals surface area contributed by atoms with Crippen molar-refractivity contribution in [3.05, 3.63) is 53.6 Å². The van der Waals surface area contributed by atoms with Gasteiger partial charge in [0.2, 0.25) is 10.0 Å². The summed E-state index contributed by atoms with van der Waals surface area (Å²) in [6.07, 6.45) is 0.985. The molecule has 2 aromatic rings. The summed E-state index contributed by atoms with van der Waals surface area (Å²) in [5.41, 5.74) is 3.45. The number of hydrogen-bond donors (Lipinski definition) is 1. The van der Waals surface area contributed by atoms with Gasteiger partial charge in [-0.3, -0.25) is 9.10 Å². The first-order valence-electron chi connectivity index (χ1n) is 9.65. The highest BCUT2D eigenvalue weighted by molar-refractivity contribution is 7.92. The van der Waals surface area contributed by atoms with Crippen LogP contribution in [0.15, 0.2) is 42.5 Å². The van der Waals surface area contributed by atoms with Crippen LogP contribution in [0.3, 0.4) is 0 Å². The second-order valence-electron chi connectivity index (χ2n) is 7.42. The molecule has 0 radical (unpaired) electrons. The monoisotopic (exact) mass is 418 g/mol. The number of anilines is 2. The lowest BCUT2D eigenvalue weighted by Gasteiger charge is -2.21. The zero-order valence-corrected chi connectivity index (χ0v) is 18.7. The maximum absolute atomic E-state index is 12.9. The smallest absolute Gasteiger partial charge is 0.265 e. The maximum Gasteiger partial charge on any atom is 0.265 e. The molecule has 29 heavy (non-hydrogen) atoms. The van der Waals surface area contributed by atoms with Gasteiger partial charge in [-0.2, -0.15) is 0 Å². The van der Waals surface area contributed by atoms with Gasteiger partial charge in [-0.25, -0.2) is 8.42 Å². The summed E-state index contributed by atoms with van der Waals surface area (Å²) in [5.74, 6) is 0.582. The van der Waals surface area contributed by atoms with Crippen molar-refractivity contribution >= 4 is 27.3 Å². The molecule has 2 aromatic carbocycles. The number of rotatable bonds is 8. The van der Waals surface area contributed by atoms with Crippen molar-refractivity contribution in [3.8, 4) is 5.75 Å². The van der Waals surface area contributed by atoms with Crippen molar-refractivity contribution in [2.45, 2.75) is 46.1 Å². The largest absolute Gasteiger partial charge is 0.481 e. The number of hydrogen-bond acceptors (Lipinski definition) is 4. The van der Waals surface area contributed by atoms with E-state index in [1.165, 1.54) is 11.4 Å². The first-order valence-corrected chi connectivity index (χ1v) is 11.5. The molecule has 0 spiro atoms. The predicted molar refractivity (Wildman–Crippen MR) is 118 cm³/mol. The molecule has 1 unspecified atom stereocenters. The van der Waals surface area contributed by atoms with Gasteiger partial charge >= 0.3 is 0 Å². The molecule has 1 N–H and O–H groups in total. The van der Waals surface area contributed by atoms with E-state index in [0.29, 0.717) is 17.9 Å². The number of nitrogens with zero attached hydrogens (tertiary/aromatic N) is 1. The Balaban J connectivity index is 2.16. The van der Waals surface area contributed by atoms with Crippen LogP contribution in [-0.2, 0) is 14.8 Å². The molecule has 0 heterocycles. The molecule has 1 amide bonds. The van der Waals surface area contributed by atoms with Crippen LogP contribution in [0.2, 0.25) is 0 Å². The van der Waals surface area contributed by atoms with Gasteiger partial charge in [0.25, 0.3) is 5.91 Å². The number of amides is 1. The Morgan fingerprint density at radius 1 is 1.14 bits per heavy atom. The summed E-state index contributed by atoms with van der Waals surface area (Å²) < 4.78 is 30.4. The highest BCUT2D eigenvalue weighted by Crippen LogP contribution is 2.28. The molecule has 158 valence electrons. The molecule has 0 aliphatic heterocycles. The van der Waals surface area contributed by atoms with Crippen molar-refractivity contribution in [1.82, 2.24) is 0 Å². The Labute approximate surface area is 173 Å². The van der Waals surface area contributed by atoms with Gasteiger partial charge in [-0.1, -0.05) is 39.0 Å². The lowest BCUT2D eigenvalue weighted by molar-refractivity contribution is -0.122. The quantitative estimate of drug-likeness (QED) is 0.693. The van der Waals surface area contributed by atoms with Crippen LogP contribution in [0, 0.1) is 6.92 Å². The summed E-state index contributed by atoms with van der Waals surface area (Å²) in [7, 11) is -1.84. The minimum atomic E-state index is -3.33. The fraction of sp³-hybridized carbons (Fsp3) is 0.409. The molecular formula is C22H30N2O4S. The molecule has 2 rings (SSSR count). The van der Waals surface area contributed by atoms with Gasteiger partial charge in [-0.15, -0.1) is 0 Å². The maximum atomic E-state index is 12.9. The number of para-hydroxylation sites is 1. The van der Waals surface area contributed by atoms with E-state index >= 15 is 0 Å². The molecule has 0 bridgehead atoms. The van der Waals surface area contributed by atoms with Crippen LogP contribution in [0.25, 0.3) is 0 Å². The van der Waals surface area contributed by atoms with Crippen LogP contribution < -0.4 is 14.4 Å². The zero-order valence-electron chi connectivity index (χ0n) is 17.9. The van der Waals surface area contributed by atoms with Gasteiger partial charge in [0.15, 0.2) is 6.10 Å². The van der Waals surface area contributed by atoms with Gasteiger partial charge in [0.1, 0.15) is 5.75 Å². The number of benzene rings is 2. The average molecular weight is 419 g/mol. The third kappa shape index (κ3) is 5.73. The Bertz CT molecular complexity index is 953. The number of aryl methyl sites for hydroxylation is 1. The zero-order chi connectivity index (χ0) is 21.8. The lowest BCUT2D eigenvalue weighted by Crippen LogP contribution is -2.33. The van der Waals surface area contributed by atoms with Crippen LogP contribution >= 0.6 is 0 Å². The normalized spacial score (nSPS) is 12.5. The van der Waals surface area contributed by atoms with E-state index < -0.39 is 16.1 Å². The fourth-order valence-electron chi connectivity index (χ4n) is 2.96. The molecule has 0 aliphatic carbocycles. The Morgan fingerprint density at radius 2 is 1.76 bits per heavy atom. The number of sulfonamides is 1. The average Bonchev–Trinajstić information content (AvgIpc) is 2.66. The molecule has 6 nitrogen and oxygen atoms in total. The summed E-state index contributed by atoms with van der Waals surface area (Å²) in [5, 5.41) is 3.03. The van der Waals surface area contributed by atoms with E-state index in [9.17, 15) is 13.2 Å². The topological polar surface area (TPSA) is 75.7 Å². The van der Waals surface area contributed by atoms with Crippen molar-refractivity contribution < 1.29 is 17.9 Å². The minimum Gasteiger partial charge on any atom is -0.481 e. The van der Waals surface area contributed by atoms with E-state index in [2.05, 4.69) is 19.2 Å². The minimum absolute atomic E-state index is 0.207. The number of ether oxygens (including phenoxy) is 1. The third-order valence-electron chi connectivity index (χ3n) is 4.81. The summed E-state index contributed by atoms with van der Waals surface area (Å²) in [6.45, 7) is 8.04. The Morgan fingerprint density at radius 3 is 2.28 bits per heavy atom. The van der Waals surface area contributed by atoms with E-state index in [4.69, 9.17) is 4.74 Å². The van der Waals surface area contributed by atoms with Gasteiger partial charge in [0.05, 0.1) is 11.9 Å². The lowest BCUT2D eigenvalue weighted by atomic mass is 9.98. The Hall–Kier alpha value is -2.54. The van der Waals surface area contributed by atoms with Crippen molar-refractivity contribution in [2.24, 2.45) is 0 Å². The predicted octanol–water partition coefficient (Wildman–Crippen LogP) is 4.31. The molecule has 1 atom stereocenters. The van der Waals surface area contributed by atoms with Gasteiger partial charge in [-0.05, 0) is 54.7 Å². The third-order valence-corrected chi connectivity index (χ3v) is 6.02. The van der Waals surface area contributed by atoms with E-state index in [0.717, 1.165) is 23.1 Å². The number of nitrogens with one attached hydrogen (secondary N) is 1. The summed E-state index contributed by atoms with van der Waals surface area (Å²) in [6, 6.07) is 12.6. The molecule has 0 aromatic heterocycles. The van der Waals surface area contributed by atoms with Crippen molar-refractivity contribution in [2.75, 3.05) is 22.9 Å². The van der Waals surface area contributed by atoms with Crippen LogP contribution in [0.1, 0.15) is 44.2 Å². The van der Waals surface area contributed by atoms with Crippen LogP contribution in [-0.4, -0.2) is 33.7 Å². The molecule has 0 aliphatic rings. The molecule has 0 saturated carbocycles. The van der Waals surface area contributed by atoms with Gasteiger partial charge in [0, 0.05) is 12.7 Å². The van der Waals surface area contributed by atoms with Crippen LogP contribution in [0.5, 0.6) is 5.75 Å². The van der Waals surface area contributed by atoms with E-state index in [1.54, 1.807) is 24.3 Å². The molecular weight excluding hydrogens is 388 g/mol. The SMILES string of the molecule is CCC(Oc1ccc(N(C)S(C)(=O)=O)cc1)C(=O)Nc1c(C)cccc1C(C)C. The highest BCUT2D eigenvalue weighted by atomic mass is 32.2. The van der Waals surface area contributed by atoms with E-state index in [1.807, 2.05) is 32.0 Å². The van der Waals surface area contributed by atoms with Crippen molar-refractivity contribution in [3.63, 3.8) is 0 Å². The van der Waals surface area contributed by atoms with Crippen LogP contribution in [0.4, 0.5) is 11.4 Å². The Kier molecular flexibility index (Phi) is 7.30. The molecule has 0 saturated heterocycles. The first kappa shape index (κ1) is 22.7. The highest BCUT2D eigenvalue weighted by Gasteiger charge is 2.21. The second-order valence-corrected chi connectivity index (χ2v) is 9.44. The first-order chi connectivity index (χ1) is 13.5. The fourth-order valence-corrected chi connectivity index (χ4v) is 3.46. The summed E-state index contributed by atoms with van der Waals surface area (Å²) in [4.78, 5) is 12.9. The number of carbonyl (C=O) groups is 1. The molecule has 7 heteroatoms. The van der Waals surface area contributed by atoms with Crippen molar-refractivity contribution in [1.29, 1.82) is 0 Å². The standard InChI is InChI=1S/C22H30N2O4S/c1-7-20(22(25)23-21-16(4)9-8-10-19(21)15(2)3)28-18-13-11-17(12-14-18)24(5)29(6,26)27/h8-15,20H,7H2,1-6H3,(H,23,25). The second kappa shape index (κ2) is 9.31. The van der Waals surface area contributed by atoms with E-state index in [-0.39, 0.29) is 11.8 Å². The number of carbonyl (C=O) groups excluding carboxylic acids is 1. The molecule has 0 fully saturated rings.